The summed E-state index contributed by atoms with van der Waals surface area (Å²) in [5.41, 5.74) is 7.15. The molecule has 0 heterocycles. The number of carbonyl (C=O) groups is 1. The molecule has 20 heavy (non-hydrogen) atoms. The minimum absolute atomic E-state index is 0.0454. The molecule has 0 aliphatic heterocycles. The van der Waals surface area contributed by atoms with Gasteiger partial charge in [0, 0.05) is 0 Å². The molecule has 104 valence electrons. The van der Waals surface area contributed by atoms with Gasteiger partial charge in [-0.1, -0.05) is 60.7 Å². The van der Waals surface area contributed by atoms with Gasteiger partial charge >= 0.3 is 0 Å². The Bertz CT molecular complexity index is 486. The van der Waals surface area contributed by atoms with E-state index in [0.29, 0.717) is 13.0 Å². The number of rotatable bonds is 7. The number of hydrogen-bond acceptors (Lipinski definition) is 3. The van der Waals surface area contributed by atoms with E-state index in [-0.39, 0.29) is 6.61 Å². The Balaban J connectivity index is 2.52. The molecule has 0 amide bonds. The summed E-state index contributed by atoms with van der Waals surface area (Å²) in [4.78, 5) is 10.8. The molecule has 0 radical (unpaired) electrons. The van der Waals surface area contributed by atoms with Crippen molar-refractivity contribution in [2.24, 2.45) is 5.73 Å². The molecule has 0 aliphatic carbocycles. The molecule has 0 atom stereocenters. The Hall–Kier alpha value is -1.97. The van der Waals surface area contributed by atoms with E-state index in [1.807, 2.05) is 60.7 Å². The molecule has 2 rings (SSSR count). The fourth-order valence-corrected chi connectivity index (χ4v) is 2.49. The van der Waals surface area contributed by atoms with Gasteiger partial charge in [-0.05, 0) is 24.1 Å². The molecular weight excluding hydrogens is 250 g/mol. The van der Waals surface area contributed by atoms with Crippen molar-refractivity contribution < 1.29 is 9.53 Å². The van der Waals surface area contributed by atoms with Gasteiger partial charge in [0.2, 0.25) is 0 Å². The van der Waals surface area contributed by atoms with Gasteiger partial charge in [0.15, 0.2) is 0 Å². The third kappa shape index (κ3) is 2.95. The Morgan fingerprint density at radius 3 is 1.85 bits per heavy atom. The van der Waals surface area contributed by atoms with Crippen molar-refractivity contribution in [2.45, 2.75) is 12.0 Å². The molecule has 0 unspecified atom stereocenters. The second-order valence-electron chi connectivity index (χ2n) is 4.58. The van der Waals surface area contributed by atoms with Crippen molar-refractivity contribution in [2.75, 3.05) is 13.2 Å². The maximum absolute atomic E-state index is 10.8. The van der Waals surface area contributed by atoms with Gasteiger partial charge in [-0.25, -0.2) is 0 Å². The second kappa shape index (κ2) is 6.98. The maximum Gasteiger partial charge on any atom is 0.145 e. The third-order valence-corrected chi connectivity index (χ3v) is 3.37. The van der Waals surface area contributed by atoms with Crippen molar-refractivity contribution in [3.63, 3.8) is 0 Å². The average Bonchev–Trinajstić information content (AvgIpc) is 2.53. The molecule has 2 N–H and O–H groups in total. The van der Waals surface area contributed by atoms with Crippen LogP contribution < -0.4 is 5.73 Å². The van der Waals surface area contributed by atoms with Crippen molar-refractivity contribution >= 4 is 6.29 Å². The highest BCUT2D eigenvalue weighted by molar-refractivity contribution is 5.51. The number of hydrogen-bond donors (Lipinski definition) is 1. The van der Waals surface area contributed by atoms with E-state index in [1.165, 1.54) is 0 Å². The van der Waals surface area contributed by atoms with Crippen LogP contribution in [0.2, 0.25) is 0 Å². The average molecular weight is 269 g/mol. The molecule has 0 spiro atoms. The summed E-state index contributed by atoms with van der Waals surface area (Å²) in [5.74, 6) is 0. The standard InChI is InChI=1S/C17H19NO2/c18-12-11-17(20-14-13-19,15-7-3-1-4-8-15)16-9-5-2-6-10-16/h1-10,13H,11-12,14,18H2. The fourth-order valence-electron chi connectivity index (χ4n) is 2.49. The first-order valence-electron chi connectivity index (χ1n) is 6.72. The van der Waals surface area contributed by atoms with E-state index in [2.05, 4.69) is 0 Å². The van der Waals surface area contributed by atoms with Gasteiger partial charge in [0.1, 0.15) is 18.5 Å². The summed E-state index contributed by atoms with van der Waals surface area (Å²) < 4.78 is 5.94. The predicted molar refractivity (Wildman–Crippen MR) is 79.4 cm³/mol. The summed E-state index contributed by atoms with van der Waals surface area (Å²) in [6.45, 7) is 0.520. The zero-order valence-electron chi connectivity index (χ0n) is 11.4. The zero-order valence-corrected chi connectivity index (χ0v) is 11.4. The molecular formula is C17H19NO2. The fraction of sp³-hybridized carbons (Fsp3) is 0.235. The van der Waals surface area contributed by atoms with Gasteiger partial charge in [-0.15, -0.1) is 0 Å². The van der Waals surface area contributed by atoms with E-state index in [1.54, 1.807) is 0 Å². The highest BCUT2D eigenvalue weighted by Crippen LogP contribution is 2.36. The van der Waals surface area contributed by atoms with Gasteiger partial charge in [0.05, 0.1) is 0 Å². The molecule has 2 aromatic carbocycles. The Morgan fingerprint density at radius 1 is 0.950 bits per heavy atom. The van der Waals surface area contributed by atoms with E-state index in [0.717, 1.165) is 17.4 Å². The predicted octanol–water partition coefficient (Wildman–Crippen LogP) is 2.49. The summed E-state index contributed by atoms with van der Waals surface area (Å²) in [7, 11) is 0. The first-order chi connectivity index (χ1) is 9.83. The van der Waals surface area contributed by atoms with E-state index in [9.17, 15) is 4.79 Å². The maximum atomic E-state index is 10.8. The third-order valence-electron chi connectivity index (χ3n) is 3.37. The lowest BCUT2D eigenvalue weighted by Gasteiger charge is -2.34. The van der Waals surface area contributed by atoms with Gasteiger partial charge < -0.3 is 15.3 Å². The Labute approximate surface area is 119 Å². The molecule has 0 aromatic heterocycles. The Kier molecular flexibility index (Phi) is 5.04. The van der Waals surface area contributed by atoms with Gasteiger partial charge in [-0.3, -0.25) is 0 Å². The van der Waals surface area contributed by atoms with E-state index < -0.39 is 5.60 Å². The molecule has 3 heteroatoms. The minimum Gasteiger partial charge on any atom is -0.358 e. The van der Waals surface area contributed by atoms with Crippen molar-refractivity contribution in [3.05, 3.63) is 71.8 Å². The quantitative estimate of drug-likeness (QED) is 0.786. The first kappa shape index (κ1) is 14.4. The van der Waals surface area contributed by atoms with Gasteiger partial charge in [-0.2, -0.15) is 0 Å². The number of aldehydes is 1. The zero-order chi connectivity index (χ0) is 14.3. The van der Waals surface area contributed by atoms with Crippen LogP contribution in [0.25, 0.3) is 0 Å². The second-order valence-corrected chi connectivity index (χ2v) is 4.58. The molecule has 0 aliphatic rings. The molecule has 3 nitrogen and oxygen atoms in total. The van der Waals surface area contributed by atoms with Crippen molar-refractivity contribution in [1.29, 1.82) is 0 Å². The SMILES string of the molecule is NCCC(OCC=O)(c1ccccc1)c1ccccc1. The smallest absolute Gasteiger partial charge is 0.145 e. The molecule has 0 fully saturated rings. The summed E-state index contributed by atoms with van der Waals surface area (Å²) in [5, 5.41) is 0. The van der Waals surface area contributed by atoms with Crippen LogP contribution in [0.4, 0.5) is 0 Å². The lowest BCUT2D eigenvalue weighted by Crippen LogP contribution is -2.34. The minimum atomic E-state index is -0.668. The molecule has 2 aromatic rings. The normalized spacial score (nSPS) is 11.2. The van der Waals surface area contributed by atoms with E-state index >= 15 is 0 Å². The summed E-state index contributed by atoms with van der Waals surface area (Å²) in [6, 6.07) is 19.8. The molecule has 0 saturated heterocycles. The topological polar surface area (TPSA) is 52.3 Å². The van der Waals surface area contributed by atoms with Crippen LogP contribution in [0, 0.1) is 0 Å². The van der Waals surface area contributed by atoms with Crippen LogP contribution in [-0.4, -0.2) is 19.4 Å². The highest BCUT2D eigenvalue weighted by Gasteiger charge is 2.34. The monoisotopic (exact) mass is 269 g/mol. The van der Waals surface area contributed by atoms with Crippen LogP contribution >= 0.6 is 0 Å². The lowest BCUT2D eigenvalue weighted by molar-refractivity contribution is -0.117. The number of ether oxygens (including phenoxy) is 1. The van der Waals surface area contributed by atoms with Crippen LogP contribution in [0.3, 0.4) is 0 Å². The Morgan fingerprint density at radius 2 is 1.45 bits per heavy atom. The van der Waals surface area contributed by atoms with Gasteiger partial charge in [0.25, 0.3) is 0 Å². The van der Waals surface area contributed by atoms with Crippen molar-refractivity contribution in [1.82, 2.24) is 0 Å². The molecule has 0 saturated carbocycles. The molecule has 0 bridgehead atoms. The number of nitrogens with two attached hydrogens (primary N) is 1. The van der Waals surface area contributed by atoms with E-state index in [4.69, 9.17) is 10.5 Å². The van der Waals surface area contributed by atoms with Crippen LogP contribution in [0.15, 0.2) is 60.7 Å². The summed E-state index contributed by atoms with van der Waals surface area (Å²) in [6.07, 6.45) is 1.39. The number of benzene rings is 2. The lowest BCUT2D eigenvalue weighted by atomic mass is 9.83. The van der Waals surface area contributed by atoms with Crippen LogP contribution in [-0.2, 0) is 15.1 Å². The van der Waals surface area contributed by atoms with Crippen LogP contribution in [0.5, 0.6) is 0 Å². The van der Waals surface area contributed by atoms with Crippen molar-refractivity contribution in [3.8, 4) is 0 Å². The summed E-state index contributed by atoms with van der Waals surface area (Å²) >= 11 is 0. The number of carbonyl (C=O) groups excluding carboxylic acids is 1. The first-order valence-corrected chi connectivity index (χ1v) is 6.72. The largest absolute Gasteiger partial charge is 0.358 e. The highest BCUT2D eigenvalue weighted by atomic mass is 16.5. The van der Waals surface area contributed by atoms with Crippen LogP contribution in [0.1, 0.15) is 17.5 Å².